The Morgan fingerprint density at radius 3 is 2.33 bits per heavy atom. The molecule has 0 heterocycles. The fraction of sp³-hybridized carbons (Fsp3) is 0.381. The van der Waals surface area contributed by atoms with E-state index in [0.29, 0.717) is 23.6 Å². The first-order valence-electron chi connectivity index (χ1n) is 9.67. The van der Waals surface area contributed by atoms with Crippen LogP contribution >= 0.6 is 0 Å². The van der Waals surface area contributed by atoms with Crippen LogP contribution < -0.4 is 25.2 Å². The van der Waals surface area contributed by atoms with Gasteiger partial charge in [0.2, 0.25) is 15.9 Å². The topological polar surface area (TPSA) is 120 Å². The van der Waals surface area contributed by atoms with Crippen molar-refractivity contribution in [2.75, 3.05) is 19.5 Å². The molecule has 9 heteroatoms. The second kappa shape index (κ2) is 11.0. The lowest BCUT2D eigenvalue weighted by Crippen LogP contribution is -2.35. The molecule has 0 aliphatic heterocycles. The number of nitrogens with two attached hydrogens (primary N) is 1. The molecule has 0 saturated carbocycles. The molecule has 2 aromatic carbocycles. The molecule has 0 aliphatic rings. The van der Waals surface area contributed by atoms with Crippen molar-refractivity contribution in [1.29, 1.82) is 0 Å². The molecule has 0 bridgehead atoms. The summed E-state index contributed by atoms with van der Waals surface area (Å²) in [4.78, 5) is 12.2. The number of ether oxygens (including phenoxy) is 2. The van der Waals surface area contributed by atoms with Crippen LogP contribution in [0.3, 0.4) is 0 Å². The van der Waals surface area contributed by atoms with E-state index < -0.39 is 16.1 Å². The van der Waals surface area contributed by atoms with Crippen molar-refractivity contribution in [2.24, 2.45) is 5.73 Å². The van der Waals surface area contributed by atoms with Crippen LogP contribution in [0.1, 0.15) is 31.7 Å². The molecule has 0 saturated heterocycles. The molecule has 0 radical (unpaired) electrons. The number of hydrogen-bond donors (Lipinski definition) is 3. The molecule has 30 heavy (non-hydrogen) atoms. The number of sulfonamides is 1. The van der Waals surface area contributed by atoms with Gasteiger partial charge in [0.1, 0.15) is 0 Å². The molecule has 0 fully saturated rings. The number of benzene rings is 2. The summed E-state index contributed by atoms with van der Waals surface area (Å²) in [7, 11) is -0.677. The summed E-state index contributed by atoms with van der Waals surface area (Å²) in [5, 5.41) is 2.71. The second-order valence-electron chi connectivity index (χ2n) is 6.78. The van der Waals surface area contributed by atoms with Gasteiger partial charge in [0.05, 0.1) is 25.2 Å². The molecular weight excluding hydrogens is 406 g/mol. The van der Waals surface area contributed by atoms with E-state index in [1.54, 1.807) is 18.2 Å². The number of nitrogens with one attached hydrogen (secondary N) is 2. The summed E-state index contributed by atoms with van der Waals surface area (Å²) in [6.07, 6.45) is 2.44. The summed E-state index contributed by atoms with van der Waals surface area (Å²) in [6, 6.07) is 10.5. The Balaban J connectivity index is 2.00. The average Bonchev–Trinajstić information content (AvgIpc) is 2.76. The number of amides is 1. The second-order valence-corrected chi connectivity index (χ2v) is 8.54. The SMILES string of the molecule is CCCC[C@H](N)C(=O)Nc1ccc(S(=O)(=O)NCc2ccc(OC)c(OC)c2)cc1. The molecule has 2 aromatic rings. The van der Waals surface area contributed by atoms with Gasteiger partial charge in [0, 0.05) is 12.2 Å². The van der Waals surface area contributed by atoms with Gasteiger partial charge in [-0.15, -0.1) is 0 Å². The highest BCUT2D eigenvalue weighted by Gasteiger charge is 2.16. The maximum absolute atomic E-state index is 12.6. The quantitative estimate of drug-likeness (QED) is 0.499. The number of unbranched alkanes of at least 4 members (excludes halogenated alkanes) is 1. The van der Waals surface area contributed by atoms with E-state index in [1.165, 1.54) is 38.5 Å². The monoisotopic (exact) mass is 435 g/mol. The molecule has 0 aliphatic carbocycles. The van der Waals surface area contributed by atoms with E-state index in [2.05, 4.69) is 10.0 Å². The number of anilines is 1. The normalized spacial score (nSPS) is 12.3. The molecule has 0 spiro atoms. The lowest BCUT2D eigenvalue weighted by Gasteiger charge is -2.13. The lowest BCUT2D eigenvalue weighted by atomic mass is 10.1. The van der Waals surface area contributed by atoms with Gasteiger partial charge in [0.25, 0.3) is 0 Å². The fourth-order valence-corrected chi connectivity index (χ4v) is 3.78. The number of carbonyl (C=O) groups excluding carboxylic acids is 1. The first-order valence-corrected chi connectivity index (χ1v) is 11.2. The predicted octanol–water partition coefficient (Wildman–Crippen LogP) is 2.64. The van der Waals surface area contributed by atoms with Gasteiger partial charge in [-0.3, -0.25) is 4.79 Å². The average molecular weight is 436 g/mol. The Morgan fingerprint density at radius 2 is 1.73 bits per heavy atom. The van der Waals surface area contributed by atoms with E-state index in [4.69, 9.17) is 15.2 Å². The smallest absolute Gasteiger partial charge is 0.241 e. The maximum atomic E-state index is 12.6. The van der Waals surface area contributed by atoms with Crippen molar-refractivity contribution in [3.8, 4) is 11.5 Å². The van der Waals surface area contributed by atoms with Crippen molar-refractivity contribution in [3.63, 3.8) is 0 Å². The van der Waals surface area contributed by atoms with E-state index >= 15 is 0 Å². The summed E-state index contributed by atoms with van der Waals surface area (Å²) in [5.41, 5.74) is 7.06. The van der Waals surface area contributed by atoms with E-state index in [9.17, 15) is 13.2 Å². The van der Waals surface area contributed by atoms with Crippen molar-refractivity contribution >= 4 is 21.6 Å². The Labute approximate surface area is 177 Å². The summed E-state index contributed by atoms with van der Waals surface area (Å²) in [5.74, 6) is 0.799. The van der Waals surface area contributed by atoms with Crippen LogP contribution in [0.15, 0.2) is 47.4 Å². The van der Waals surface area contributed by atoms with E-state index in [-0.39, 0.29) is 17.3 Å². The van der Waals surface area contributed by atoms with E-state index in [1.807, 2.05) is 6.92 Å². The van der Waals surface area contributed by atoms with Crippen LogP contribution in [0, 0.1) is 0 Å². The Hall–Kier alpha value is -2.62. The predicted molar refractivity (Wildman–Crippen MR) is 116 cm³/mol. The number of carbonyl (C=O) groups is 1. The molecule has 0 unspecified atom stereocenters. The third-order valence-electron chi connectivity index (χ3n) is 4.55. The molecular formula is C21H29N3O5S. The Bertz CT molecular complexity index is 946. The lowest BCUT2D eigenvalue weighted by molar-refractivity contribution is -0.117. The molecule has 2 rings (SSSR count). The number of methoxy groups -OCH3 is 2. The van der Waals surface area contributed by atoms with Crippen molar-refractivity contribution < 1.29 is 22.7 Å². The maximum Gasteiger partial charge on any atom is 0.241 e. The van der Waals surface area contributed by atoms with Crippen molar-refractivity contribution in [3.05, 3.63) is 48.0 Å². The minimum atomic E-state index is -3.73. The van der Waals surface area contributed by atoms with E-state index in [0.717, 1.165) is 18.4 Å². The fourth-order valence-electron chi connectivity index (χ4n) is 2.76. The zero-order chi connectivity index (χ0) is 22.1. The van der Waals surface area contributed by atoms with Gasteiger partial charge >= 0.3 is 0 Å². The first kappa shape index (κ1) is 23.7. The van der Waals surface area contributed by atoms with Gasteiger partial charge in [-0.25, -0.2) is 13.1 Å². The standard InChI is InChI=1S/C21H29N3O5S/c1-4-5-6-18(22)21(25)24-16-8-10-17(11-9-16)30(26,27)23-14-15-7-12-19(28-2)20(13-15)29-3/h7-13,18,23H,4-6,14,22H2,1-3H3,(H,24,25)/t18-/m0/s1. The number of hydrogen-bond acceptors (Lipinski definition) is 6. The molecule has 8 nitrogen and oxygen atoms in total. The highest BCUT2D eigenvalue weighted by atomic mass is 32.2. The summed E-state index contributed by atoms with van der Waals surface area (Å²) >= 11 is 0. The van der Waals surface area contributed by atoms with Gasteiger partial charge in [0.15, 0.2) is 11.5 Å². The molecule has 164 valence electrons. The van der Waals surface area contributed by atoms with Gasteiger partial charge in [-0.2, -0.15) is 0 Å². The van der Waals surface area contributed by atoms with Gasteiger partial charge < -0.3 is 20.5 Å². The van der Waals surface area contributed by atoms with Gasteiger partial charge in [-0.1, -0.05) is 25.8 Å². The van der Waals surface area contributed by atoms with Crippen LogP contribution in [0.25, 0.3) is 0 Å². The largest absolute Gasteiger partial charge is 0.493 e. The minimum Gasteiger partial charge on any atom is -0.493 e. The molecule has 0 aromatic heterocycles. The number of rotatable bonds is 11. The van der Waals surface area contributed by atoms with Crippen LogP contribution in [-0.2, 0) is 21.4 Å². The third-order valence-corrected chi connectivity index (χ3v) is 5.97. The van der Waals surface area contributed by atoms with Crippen molar-refractivity contribution in [1.82, 2.24) is 4.72 Å². The third kappa shape index (κ3) is 6.45. The highest BCUT2D eigenvalue weighted by molar-refractivity contribution is 7.89. The molecule has 4 N–H and O–H groups in total. The Morgan fingerprint density at radius 1 is 1.07 bits per heavy atom. The zero-order valence-electron chi connectivity index (χ0n) is 17.5. The summed E-state index contributed by atoms with van der Waals surface area (Å²) in [6.45, 7) is 2.12. The van der Waals surface area contributed by atoms with Crippen LogP contribution in [0.5, 0.6) is 11.5 Å². The van der Waals surface area contributed by atoms with Crippen LogP contribution in [-0.4, -0.2) is 34.6 Å². The summed E-state index contributed by atoms with van der Waals surface area (Å²) < 4.78 is 38.1. The highest BCUT2D eigenvalue weighted by Crippen LogP contribution is 2.27. The first-order chi connectivity index (χ1) is 14.3. The Kier molecular flexibility index (Phi) is 8.64. The molecule has 1 amide bonds. The zero-order valence-corrected chi connectivity index (χ0v) is 18.3. The van der Waals surface area contributed by atoms with Crippen LogP contribution in [0.4, 0.5) is 5.69 Å². The van der Waals surface area contributed by atoms with Gasteiger partial charge in [-0.05, 0) is 48.4 Å². The van der Waals surface area contributed by atoms with Crippen molar-refractivity contribution in [2.45, 2.75) is 43.7 Å². The molecule has 1 atom stereocenters. The van der Waals surface area contributed by atoms with Crippen LogP contribution in [0.2, 0.25) is 0 Å². The minimum absolute atomic E-state index is 0.0907.